The van der Waals surface area contributed by atoms with Gasteiger partial charge in [-0.3, -0.25) is 9.59 Å². The van der Waals surface area contributed by atoms with Gasteiger partial charge in [0.05, 0.1) is 0 Å². The minimum atomic E-state index is -0.356. The van der Waals surface area contributed by atoms with Crippen molar-refractivity contribution in [2.75, 3.05) is 0 Å². The SMILES string of the molecule is CCCCCCCCCC(CCCCCCCCC)CC(=O)OC=O. The summed E-state index contributed by atoms with van der Waals surface area (Å²) in [6.07, 6.45) is 20.8. The van der Waals surface area contributed by atoms with Gasteiger partial charge in [-0.2, -0.15) is 0 Å². The van der Waals surface area contributed by atoms with E-state index in [2.05, 4.69) is 18.6 Å². The van der Waals surface area contributed by atoms with E-state index in [1.54, 1.807) is 0 Å². The molecule has 3 nitrogen and oxygen atoms in total. The average Bonchev–Trinajstić information content (AvgIpc) is 2.60. The van der Waals surface area contributed by atoms with E-state index in [0.717, 1.165) is 12.8 Å². The standard InChI is InChI=1S/C22H42O3/c1-3-5-7-9-11-13-15-17-21(19-22(24)25-20-23)18-16-14-12-10-8-6-4-2/h20-21H,3-19H2,1-2H3. The van der Waals surface area contributed by atoms with E-state index in [1.165, 1.54) is 89.9 Å². The first-order valence-electron chi connectivity index (χ1n) is 10.9. The summed E-state index contributed by atoms with van der Waals surface area (Å²) in [5, 5.41) is 0. The maximum atomic E-state index is 11.6. The lowest BCUT2D eigenvalue weighted by molar-refractivity contribution is -0.152. The normalized spacial score (nSPS) is 11.0. The summed E-state index contributed by atoms with van der Waals surface area (Å²) in [5.41, 5.74) is 0. The van der Waals surface area contributed by atoms with E-state index in [4.69, 9.17) is 0 Å². The van der Waals surface area contributed by atoms with Gasteiger partial charge in [-0.1, -0.05) is 104 Å². The van der Waals surface area contributed by atoms with Crippen LogP contribution in [-0.2, 0) is 14.3 Å². The van der Waals surface area contributed by atoms with Crippen molar-refractivity contribution in [1.29, 1.82) is 0 Å². The highest BCUT2D eigenvalue weighted by atomic mass is 16.6. The van der Waals surface area contributed by atoms with Crippen LogP contribution < -0.4 is 0 Å². The first-order chi connectivity index (χ1) is 12.2. The lowest BCUT2D eigenvalue weighted by Gasteiger charge is -2.15. The van der Waals surface area contributed by atoms with Gasteiger partial charge in [0.1, 0.15) is 0 Å². The molecule has 25 heavy (non-hydrogen) atoms. The van der Waals surface area contributed by atoms with Gasteiger partial charge in [0, 0.05) is 6.42 Å². The van der Waals surface area contributed by atoms with Crippen LogP contribution >= 0.6 is 0 Å². The van der Waals surface area contributed by atoms with Gasteiger partial charge in [0.25, 0.3) is 0 Å². The molecule has 0 aliphatic carbocycles. The smallest absolute Gasteiger partial charge is 0.313 e. The van der Waals surface area contributed by atoms with Gasteiger partial charge in [-0.05, 0) is 18.8 Å². The van der Waals surface area contributed by atoms with Gasteiger partial charge in [0.15, 0.2) is 0 Å². The van der Waals surface area contributed by atoms with Crippen molar-refractivity contribution in [2.45, 2.75) is 123 Å². The van der Waals surface area contributed by atoms with Gasteiger partial charge in [0.2, 0.25) is 0 Å². The Balaban J connectivity index is 3.86. The van der Waals surface area contributed by atoms with Crippen LogP contribution in [0.3, 0.4) is 0 Å². The lowest BCUT2D eigenvalue weighted by atomic mass is 9.91. The van der Waals surface area contributed by atoms with Gasteiger partial charge >= 0.3 is 12.4 Å². The van der Waals surface area contributed by atoms with Crippen molar-refractivity contribution >= 4 is 12.4 Å². The summed E-state index contributed by atoms with van der Waals surface area (Å²) in [6.45, 7) is 4.75. The Morgan fingerprint density at radius 1 is 0.720 bits per heavy atom. The van der Waals surface area contributed by atoms with E-state index in [0.29, 0.717) is 12.3 Å². The quantitative estimate of drug-likeness (QED) is 0.109. The Morgan fingerprint density at radius 3 is 1.52 bits per heavy atom. The third-order valence-corrected chi connectivity index (χ3v) is 5.07. The molecule has 0 saturated heterocycles. The van der Waals surface area contributed by atoms with Gasteiger partial charge in [-0.15, -0.1) is 0 Å². The third kappa shape index (κ3) is 17.7. The zero-order valence-electron chi connectivity index (χ0n) is 16.9. The van der Waals surface area contributed by atoms with E-state index in [9.17, 15) is 9.59 Å². The molecule has 0 aliphatic rings. The average molecular weight is 355 g/mol. The molecule has 0 atom stereocenters. The molecule has 0 spiro atoms. The van der Waals surface area contributed by atoms with Crippen molar-refractivity contribution < 1.29 is 14.3 Å². The third-order valence-electron chi connectivity index (χ3n) is 5.07. The second kappa shape index (κ2) is 19.5. The minimum Gasteiger partial charge on any atom is -0.395 e. The molecule has 0 bridgehead atoms. The number of unbranched alkanes of at least 4 members (excludes halogenated alkanes) is 12. The molecule has 3 heteroatoms. The molecule has 0 aromatic heterocycles. The van der Waals surface area contributed by atoms with Crippen LogP contribution in [0.15, 0.2) is 0 Å². The van der Waals surface area contributed by atoms with Crippen LogP contribution in [0.5, 0.6) is 0 Å². The van der Waals surface area contributed by atoms with Crippen molar-refractivity contribution in [1.82, 2.24) is 0 Å². The number of ether oxygens (including phenoxy) is 1. The van der Waals surface area contributed by atoms with Crippen LogP contribution in [-0.4, -0.2) is 12.4 Å². The summed E-state index contributed by atoms with van der Waals surface area (Å²) in [6, 6.07) is 0. The second-order valence-electron chi connectivity index (χ2n) is 7.48. The Labute approximate surface area is 156 Å². The zero-order chi connectivity index (χ0) is 18.6. The van der Waals surface area contributed by atoms with Crippen LogP contribution in [0.25, 0.3) is 0 Å². The number of carbonyl (C=O) groups excluding carboxylic acids is 2. The molecule has 0 rings (SSSR count). The summed E-state index contributed by atoms with van der Waals surface area (Å²) in [5.74, 6) is 0.0321. The molecular formula is C22H42O3. The summed E-state index contributed by atoms with van der Waals surface area (Å²) < 4.78 is 4.50. The van der Waals surface area contributed by atoms with E-state index in [-0.39, 0.29) is 12.4 Å². The molecule has 0 unspecified atom stereocenters. The molecule has 148 valence electrons. The van der Waals surface area contributed by atoms with Crippen LogP contribution in [0, 0.1) is 5.92 Å². The highest BCUT2D eigenvalue weighted by molar-refractivity contribution is 5.76. The maximum absolute atomic E-state index is 11.6. The maximum Gasteiger partial charge on any atom is 0.313 e. The lowest BCUT2D eigenvalue weighted by Crippen LogP contribution is -2.11. The Bertz CT molecular complexity index is 284. The van der Waals surface area contributed by atoms with Crippen molar-refractivity contribution in [3.8, 4) is 0 Å². The molecule has 0 aromatic carbocycles. The van der Waals surface area contributed by atoms with Crippen LogP contribution in [0.1, 0.15) is 123 Å². The Morgan fingerprint density at radius 2 is 1.12 bits per heavy atom. The van der Waals surface area contributed by atoms with Crippen molar-refractivity contribution in [3.63, 3.8) is 0 Å². The molecule has 0 amide bonds. The highest BCUT2D eigenvalue weighted by Gasteiger charge is 2.14. The topological polar surface area (TPSA) is 43.4 Å². The van der Waals surface area contributed by atoms with E-state index in [1.807, 2.05) is 0 Å². The predicted molar refractivity (Wildman–Crippen MR) is 105 cm³/mol. The Hall–Kier alpha value is -0.860. The van der Waals surface area contributed by atoms with Crippen LogP contribution in [0.4, 0.5) is 0 Å². The number of carbonyl (C=O) groups is 2. The molecule has 0 fully saturated rings. The summed E-state index contributed by atoms with van der Waals surface area (Å²) in [4.78, 5) is 21.9. The van der Waals surface area contributed by atoms with E-state index >= 15 is 0 Å². The fourth-order valence-electron chi connectivity index (χ4n) is 3.47. The van der Waals surface area contributed by atoms with Gasteiger partial charge in [-0.25, -0.2) is 0 Å². The number of hydrogen-bond acceptors (Lipinski definition) is 3. The summed E-state index contributed by atoms with van der Waals surface area (Å²) in [7, 11) is 0. The van der Waals surface area contributed by atoms with Crippen molar-refractivity contribution in [2.24, 2.45) is 5.92 Å². The summed E-state index contributed by atoms with van der Waals surface area (Å²) >= 11 is 0. The monoisotopic (exact) mass is 354 g/mol. The minimum absolute atomic E-state index is 0.265. The molecule has 0 aliphatic heterocycles. The highest BCUT2D eigenvalue weighted by Crippen LogP contribution is 2.22. The molecule has 0 radical (unpaired) electrons. The fraction of sp³-hybridized carbons (Fsp3) is 0.909. The molecule has 0 N–H and O–H groups in total. The van der Waals surface area contributed by atoms with Crippen LogP contribution in [0.2, 0.25) is 0 Å². The van der Waals surface area contributed by atoms with Crippen molar-refractivity contribution in [3.05, 3.63) is 0 Å². The predicted octanol–water partition coefficient (Wildman–Crippen LogP) is 6.97. The number of rotatable bonds is 19. The molecule has 0 saturated carbocycles. The first kappa shape index (κ1) is 24.1. The molecule has 0 heterocycles. The number of hydrogen-bond donors (Lipinski definition) is 0. The molecular weight excluding hydrogens is 312 g/mol. The largest absolute Gasteiger partial charge is 0.395 e. The Kier molecular flexibility index (Phi) is 18.8. The van der Waals surface area contributed by atoms with E-state index < -0.39 is 0 Å². The van der Waals surface area contributed by atoms with Gasteiger partial charge < -0.3 is 4.74 Å². The zero-order valence-corrected chi connectivity index (χ0v) is 16.9. The molecule has 0 aromatic rings. The first-order valence-corrected chi connectivity index (χ1v) is 10.9. The fourth-order valence-corrected chi connectivity index (χ4v) is 3.47. The number of esters is 1. The second-order valence-corrected chi connectivity index (χ2v) is 7.48.